The minimum atomic E-state index is 0.670. The predicted molar refractivity (Wildman–Crippen MR) is 71.6 cm³/mol. The van der Waals surface area contributed by atoms with Gasteiger partial charge >= 0.3 is 0 Å². The number of aromatic nitrogens is 4. The Labute approximate surface area is 107 Å². The highest BCUT2D eigenvalue weighted by molar-refractivity contribution is 5.35. The van der Waals surface area contributed by atoms with Gasteiger partial charge in [-0.1, -0.05) is 6.92 Å². The summed E-state index contributed by atoms with van der Waals surface area (Å²) >= 11 is 0. The number of aryl methyl sites for hydroxylation is 2. The largest absolute Gasteiger partial charge is 0.370 e. The highest BCUT2D eigenvalue weighted by Crippen LogP contribution is 2.08. The van der Waals surface area contributed by atoms with Crippen molar-refractivity contribution in [3.05, 3.63) is 35.8 Å². The molecule has 0 aliphatic heterocycles. The van der Waals surface area contributed by atoms with Gasteiger partial charge in [-0.25, -0.2) is 15.0 Å². The van der Waals surface area contributed by atoms with Gasteiger partial charge in [0.2, 0.25) is 0 Å². The second-order valence-corrected chi connectivity index (χ2v) is 4.17. The Hall–Kier alpha value is -1.91. The molecule has 0 saturated carbocycles. The van der Waals surface area contributed by atoms with Crippen molar-refractivity contribution in [1.29, 1.82) is 0 Å². The molecule has 96 valence electrons. The zero-order valence-corrected chi connectivity index (χ0v) is 11.1. The minimum Gasteiger partial charge on any atom is -0.370 e. The van der Waals surface area contributed by atoms with Gasteiger partial charge < -0.3 is 9.88 Å². The minimum absolute atomic E-state index is 0.670. The molecule has 2 heterocycles. The van der Waals surface area contributed by atoms with Gasteiger partial charge in [-0.05, 0) is 13.8 Å². The summed E-state index contributed by atoms with van der Waals surface area (Å²) in [5, 5.41) is 3.22. The van der Waals surface area contributed by atoms with E-state index in [9.17, 15) is 0 Å². The van der Waals surface area contributed by atoms with E-state index in [0.717, 1.165) is 36.1 Å². The van der Waals surface area contributed by atoms with Crippen LogP contribution in [0.2, 0.25) is 0 Å². The number of hydrogen-bond donors (Lipinski definition) is 1. The quantitative estimate of drug-likeness (QED) is 0.875. The fraction of sp³-hybridized carbons (Fsp3) is 0.462. The van der Waals surface area contributed by atoms with Crippen LogP contribution >= 0.6 is 0 Å². The van der Waals surface area contributed by atoms with E-state index in [4.69, 9.17) is 0 Å². The number of nitrogens with one attached hydrogen (secondary N) is 1. The number of imidazole rings is 1. The monoisotopic (exact) mass is 245 g/mol. The van der Waals surface area contributed by atoms with Crippen LogP contribution in [0.15, 0.2) is 18.5 Å². The molecule has 0 radical (unpaired) electrons. The average Bonchev–Trinajstić information content (AvgIpc) is 2.76. The first-order valence-corrected chi connectivity index (χ1v) is 6.31. The van der Waals surface area contributed by atoms with Crippen LogP contribution in [0.5, 0.6) is 0 Å². The van der Waals surface area contributed by atoms with Crippen LogP contribution in [0, 0.1) is 6.92 Å². The van der Waals surface area contributed by atoms with Crippen LogP contribution in [0.3, 0.4) is 0 Å². The summed E-state index contributed by atoms with van der Waals surface area (Å²) in [6.07, 6.45) is 4.70. The molecule has 2 rings (SSSR count). The van der Waals surface area contributed by atoms with E-state index in [1.165, 1.54) is 0 Å². The van der Waals surface area contributed by atoms with E-state index in [1.54, 1.807) is 0 Å². The summed E-state index contributed by atoms with van der Waals surface area (Å²) in [7, 11) is 0. The van der Waals surface area contributed by atoms with E-state index in [1.807, 2.05) is 25.4 Å². The molecule has 0 spiro atoms. The smallest absolute Gasteiger partial charge is 0.150 e. The van der Waals surface area contributed by atoms with E-state index in [-0.39, 0.29) is 0 Å². The first-order valence-electron chi connectivity index (χ1n) is 6.31. The van der Waals surface area contributed by atoms with Crippen molar-refractivity contribution in [2.45, 2.75) is 33.7 Å². The molecule has 0 unspecified atom stereocenters. The highest BCUT2D eigenvalue weighted by Gasteiger charge is 2.05. The lowest BCUT2D eigenvalue weighted by atomic mass is 10.4. The lowest BCUT2D eigenvalue weighted by Gasteiger charge is -2.09. The predicted octanol–water partition coefficient (Wildman–Crippen LogP) is 2.02. The summed E-state index contributed by atoms with van der Waals surface area (Å²) in [6.45, 7) is 7.67. The van der Waals surface area contributed by atoms with Crippen LogP contribution < -0.4 is 5.32 Å². The number of hydrogen-bond acceptors (Lipinski definition) is 4. The molecule has 0 aliphatic rings. The van der Waals surface area contributed by atoms with Crippen molar-refractivity contribution >= 4 is 5.82 Å². The number of rotatable bonds is 5. The Morgan fingerprint density at radius 2 is 2.11 bits per heavy atom. The molecular weight excluding hydrogens is 226 g/mol. The topological polar surface area (TPSA) is 55.6 Å². The maximum Gasteiger partial charge on any atom is 0.150 e. The third-order valence-electron chi connectivity index (χ3n) is 2.69. The molecule has 18 heavy (non-hydrogen) atoms. The van der Waals surface area contributed by atoms with Gasteiger partial charge in [0, 0.05) is 37.1 Å². The van der Waals surface area contributed by atoms with Crippen LogP contribution in [0.4, 0.5) is 5.82 Å². The molecule has 2 aromatic rings. The Morgan fingerprint density at radius 1 is 1.28 bits per heavy atom. The van der Waals surface area contributed by atoms with Gasteiger partial charge in [0.15, 0.2) is 5.82 Å². The summed E-state index contributed by atoms with van der Waals surface area (Å²) in [4.78, 5) is 13.3. The lowest BCUT2D eigenvalue weighted by Crippen LogP contribution is -2.10. The zero-order valence-electron chi connectivity index (χ0n) is 11.1. The molecule has 2 aromatic heterocycles. The van der Waals surface area contributed by atoms with E-state index in [0.29, 0.717) is 6.54 Å². The number of anilines is 1. The third kappa shape index (κ3) is 2.85. The van der Waals surface area contributed by atoms with Gasteiger partial charge in [0.25, 0.3) is 0 Å². The first-order chi connectivity index (χ1) is 8.72. The van der Waals surface area contributed by atoms with Crippen molar-refractivity contribution in [2.75, 3.05) is 11.9 Å². The molecule has 0 bridgehead atoms. The molecule has 0 atom stereocenters. The molecule has 1 N–H and O–H groups in total. The van der Waals surface area contributed by atoms with E-state index < -0.39 is 0 Å². The van der Waals surface area contributed by atoms with E-state index >= 15 is 0 Å². The van der Waals surface area contributed by atoms with E-state index in [2.05, 4.69) is 38.7 Å². The molecule has 0 amide bonds. The summed E-state index contributed by atoms with van der Waals surface area (Å²) in [5.74, 6) is 2.77. The molecule has 0 aromatic carbocycles. The first kappa shape index (κ1) is 12.5. The van der Waals surface area contributed by atoms with Gasteiger partial charge in [-0.3, -0.25) is 0 Å². The fourth-order valence-corrected chi connectivity index (χ4v) is 1.92. The summed E-state index contributed by atoms with van der Waals surface area (Å²) in [5.41, 5.74) is 0.981. The van der Waals surface area contributed by atoms with Crippen molar-refractivity contribution in [1.82, 2.24) is 19.5 Å². The average molecular weight is 245 g/mol. The Morgan fingerprint density at radius 3 is 2.83 bits per heavy atom. The van der Waals surface area contributed by atoms with Crippen molar-refractivity contribution in [2.24, 2.45) is 0 Å². The van der Waals surface area contributed by atoms with Gasteiger partial charge in [-0.15, -0.1) is 0 Å². The lowest BCUT2D eigenvalue weighted by molar-refractivity contribution is 0.694. The molecule has 5 nitrogen and oxygen atoms in total. The van der Waals surface area contributed by atoms with Crippen LogP contribution in [0.25, 0.3) is 0 Å². The molecule has 0 saturated heterocycles. The fourth-order valence-electron chi connectivity index (χ4n) is 1.92. The van der Waals surface area contributed by atoms with Crippen LogP contribution in [0.1, 0.15) is 31.2 Å². The van der Waals surface area contributed by atoms with Crippen molar-refractivity contribution in [3.63, 3.8) is 0 Å². The van der Waals surface area contributed by atoms with Gasteiger partial charge in [0.1, 0.15) is 11.6 Å². The van der Waals surface area contributed by atoms with Crippen molar-refractivity contribution < 1.29 is 0 Å². The molecule has 0 aliphatic carbocycles. The summed E-state index contributed by atoms with van der Waals surface area (Å²) < 4.78 is 2.09. The second kappa shape index (κ2) is 5.62. The molecule has 0 fully saturated rings. The zero-order chi connectivity index (χ0) is 13.0. The van der Waals surface area contributed by atoms with Gasteiger partial charge in [-0.2, -0.15) is 0 Å². The second-order valence-electron chi connectivity index (χ2n) is 4.17. The SMILES string of the molecule is CCNc1cc(C)nc(Cn2ccnc2CC)n1. The van der Waals surface area contributed by atoms with Gasteiger partial charge in [0.05, 0.1) is 6.54 Å². The highest BCUT2D eigenvalue weighted by atomic mass is 15.1. The number of nitrogens with zero attached hydrogens (tertiary/aromatic N) is 4. The summed E-state index contributed by atoms with van der Waals surface area (Å²) in [6, 6.07) is 1.96. The molecule has 5 heteroatoms. The molecular formula is C13H19N5. The maximum absolute atomic E-state index is 4.50. The Kier molecular flexibility index (Phi) is 3.92. The Bertz CT molecular complexity index is 518. The standard InChI is InChI=1S/C13H19N5/c1-4-13-15-6-7-18(13)9-12-16-10(3)8-11(17-12)14-5-2/h6-8H,4-5,9H2,1-3H3,(H,14,16,17). The third-order valence-corrected chi connectivity index (χ3v) is 2.69. The Balaban J connectivity index is 2.23. The maximum atomic E-state index is 4.50. The van der Waals surface area contributed by atoms with Crippen molar-refractivity contribution in [3.8, 4) is 0 Å². The normalized spacial score (nSPS) is 10.6. The van der Waals surface area contributed by atoms with Crippen LogP contribution in [-0.4, -0.2) is 26.1 Å². The van der Waals surface area contributed by atoms with Crippen LogP contribution in [-0.2, 0) is 13.0 Å².